The summed E-state index contributed by atoms with van der Waals surface area (Å²) in [5.74, 6) is -0.281. The number of rotatable bonds is 4. The minimum absolute atomic E-state index is 0.281. The fourth-order valence-corrected chi connectivity index (χ4v) is 2.32. The molecule has 3 rings (SSSR count). The van der Waals surface area contributed by atoms with Gasteiger partial charge in [0.2, 0.25) is 0 Å². The van der Waals surface area contributed by atoms with E-state index < -0.39 is 6.36 Å². The summed E-state index contributed by atoms with van der Waals surface area (Å²) in [6.07, 6.45) is -3.95. The molecule has 0 unspecified atom stereocenters. The molecule has 2 aromatic carbocycles. The molecule has 0 aliphatic carbocycles. The van der Waals surface area contributed by atoms with Gasteiger partial charge in [0.1, 0.15) is 12.0 Å². The summed E-state index contributed by atoms with van der Waals surface area (Å²) in [4.78, 5) is 15.2. The molecule has 3 aromatic rings. The third kappa shape index (κ3) is 7.41. The second-order valence-corrected chi connectivity index (χ2v) is 5.22. The van der Waals surface area contributed by atoms with Crippen molar-refractivity contribution in [3.05, 3.63) is 72.3 Å². The lowest BCUT2D eigenvalue weighted by Gasteiger charge is -2.09. The molecule has 154 valence electrons. The van der Waals surface area contributed by atoms with E-state index in [9.17, 15) is 18.0 Å². The van der Waals surface area contributed by atoms with Gasteiger partial charge in [0.15, 0.2) is 0 Å². The zero-order valence-electron chi connectivity index (χ0n) is 16.8. The van der Waals surface area contributed by atoms with Gasteiger partial charge < -0.3 is 4.74 Å². The van der Waals surface area contributed by atoms with Crippen molar-refractivity contribution in [2.45, 2.75) is 34.1 Å². The van der Waals surface area contributed by atoms with E-state index in [-0.39, 0.29) is 5.75 Å². The summed E-state index contributed by atoms with van der Waals surface area (Å²) in [5.41, 5.74) is 3.40. The topological polar surface area (TPSA) is 39.2 Å². The highest BCUT2D eigenvalue weighted by Gasteiger charge is 2.30. The van der Waals surface area contributed by atoms with Crippen LogP contribution in [0, 0.1) is 0 Å². The summed E-state index contributed by atoms with van der Waals surface area (Å²) < 4.78 is 40.5. The van der Waals surface area contributed by atoms with Crippen LogP contribution < -0.4 is 4.74 Å². The number of alkyl halides is 3. The van der Waals surface area contributed by atoms with E-state index in [1.807, 2.05) is 39.8 Å². The molecule has 0 amide bonds. The van der Waals surface area contributed by atoms with Crippen molar-refractivity contribution in [3.63, 3.8) is 0 Å². The van der Waals surface area contributed by atoms with Crippen LogP contribution in [0.5, 0.6) is 5.75 Å². The van der Waals surface area contributed by atoms with Gasteiger partial charge in [-0.2, -0.15) is 0 Å². The first-order valence-electron chi connectivity index (χ1n) is 9.33. The SMILES string of the molecule is CC.CC.O=Cc1ccc(-c2cccc(-c3ccc(OC(F)(F)F)cc3)n2)cc1. The third-order valence-electron chi connectivity index (χ3n) is 3.48. The Labute approximate surface area is 169 Å². The zero-order valence-corrected chi connectivity index (χ0v) is 16.8. The van der Waals surface area contributed by atoms with Gasteiger partial charge in [0, 0.05) is 16.7 Å². The second kappa shape index (κ2) is 11.6. The smallest absolute Gasteiger partial charge is 0.406 e. The van der Waals surface area contributed by atoms with Crippen LogP contribution in [-0.4, -0.2) is 17.6 Å². The number of nitrogens with zero attached hydrogens (tertiary/aromatic N) is 1. The number of benzene rings is 2. The molecular formula is C23H24F3NO2. The fraction of sp³-hybridized carbons (Fsp3) is 0.217. The van der Waals surface area contributed by atoms with E-state index in [2.05, 4.69) is 9.72 Å². The van der Waals surface area contributed by atoms with E-state index >= 15 is 0 Å². The first-order chi connectivity index (χ1) is 13.9. The first-order valence-corrected chi connectivity index (χ1v) is 9.33. The molecule has 0 spiro atoms. The number of halogens is 3. The Bertz CT molecular complexity index is 874. The molecule has 0 N–H and O–H groups in total. The Kier molecular flexibility index (Phi) is 9.59. The Morgan fingerprint density at radius 3 is 1.62 bits per heavy atom. The Morgan fingerprint density at radius 1 is 0.759 bits per heavy atom. The zero-order chi connectivity index (χ0) is 21.9. The molecule has 1 heterocycles. The highest BCUT2D eigenvalue weighted by molar-refractivity contribution is 5.76. The van der Waals surface area contributed by atoms with Crippen LogP contribution in [0.4, 0.5) is 13.2 Å². The van der Waals surface area contributed by atoms with Gasteiger partial charge in [-0.3, -0.25) is 4.79 Å². The van der Waals surface area contributed by atoms with Crippen LogP contribution in [0.1, 0.15) is 38.1 Å². The number of hydrogen-bond acceptors (Lipinski definition) is 3. The molecule has 0 atom stereocenters. The number of carbonyl (C=O) groups excluding carboxylic acids is 1. The number of ether oxygens (including phenoxy) is 1. The average Bonchev–Trinajstić information content (AvgIpc) is 2.76. The van der Waals surface area contributed by atoms with Crippen molar-refractivity contribution in [1.29, 1.82) is 0 Å². The lowest BCUT2D eigenvalue weighted by Crippen LogP contribution is -2.16. The molecule has 0 fully saturated rings. The standard InChI is InChI=1S/C19H12F3NO2.2C2H6/c20-19(21,22)25-16-10-8-15(9-11-16)18-3-1-2-17(23-18)14-6-4-13(12-24)5-7-14;2*1-2/h1-12H;2*1-2H3. The van der Waals surface area contributed by atoms with Crippen LogP contribution >= 0.6 is 0 Å². The molecular weight excluding hydrogens is 379 g/mol. The maximum atomic E-state index is 12.2. The van der Waals surface area contributed by atoms with Gasteiger partial charge in [0.05, 0.1) is 11.4 Å². The summed E-state index contributed by atoms with van der Waals surface area (Å²) in [6, 6.07) is 17.9. The highest BCUT2D eigenvalue weighted by atomic mass is 19.4. The molecule has 0 aliphatic rings. The van der Waals surface area contributed by atoms with Gasteiger partial charge in [-0.05, 0) is 36.4 Å². The van der Waals surface area contributed by atoms with Crippen molar-refractivity contribution in [2.24, 2.45) is 0 Å². The normalized spacial score (nSPS) is 10.0. The minimum Gasteiger partial charge on any atom is -0.406 e. The van der Waals surface area contributed by atoms with Crippen LogP contribution in [0.2, 0.25) is 0 Å². The Morgan fingerprint density at radius 2 is 1.21 bits per heavy atom. The molecule has 1 aromatic heterocycles. The summed E-state index contributed by atoms with van der Waals surface area (Å²) in [6.45, 7) is 8.00. The van der Waals surface area contributed by atoms with Gasteiger partial charge in [-0.15, -0.1) is 13.2 Å². The van der Waals surface area contributed by atoms with Crippen molar-refractivity contribution in [1.82, 2.24) is 4.98 Å². The van der Waals surface area contributed by atoms with Crippen molar-refractivity contribution >= 4 is 6.29 Å². The molecule has 0 aliphatic heterocycles. The van der Waals surface area contributed by atoms with Crippen LogP contribution in [0.3, 0.4) is 0 Å². The molecule has 0 saturated carbocycles. The summed E-state index contributed by atoms with van der Waals surface area (Å²) >= 11 is 0. The maximum absolute atomic E-state index is 12.2. The van der Waals surface area contributed by atoms with Gasteiger partial charge in [-0.1, -0.05) is 58.0 Å². The largest absolute Gasteiger partial charge is 0.573 e. The van der Waals surface area contributed by atoms with Crippen LogP contribution in [-0.2, 0) is 0 Å². The van der Waals surface area contributed by atoms with Crippen LogP contribution in [0.25, 0.3) is 22.5 Å². The quantitative estimate of drug-likeness (QED) is 0.433. The number of pyridine rings is 1. The van der Waals surface area contributed by atoms with E-state index in [4.69, 9.17) is 0 Å². The Balaban J connectivity index is 0.000000989. The van der Waals surface area contributed by atoms with E-state index in [0.29, 0.717) is 22.5 Å². The highest BCUT2D eigenvalue weighted by Crippen LogP contribution is 2.27. The molecule has 0 radical (unpaired) electrons. The maximum Gasteiger partial charge on any atom is 0.573 e. The monoisotopic (exact) mass is 403 g/mol. The van der Waals surface area contributed by atoms with Crippen molar-refractivity contribution < 1.29 is 22.7 Å². The van der Waals surface area contributed by atoms with E-state index in [1.165, 1.54) is 24.3 Å². The molecule has 3 nitrogen and oxygen atoms in total. The Hall–Kier alpha value is -3.15. The second-order valence-electron chi connectivity index (χ2n) is 5.22. The molecule has 0 saturated heterocycles. The van der Waals surface area contributed by atoms with Crippen LogP contribution in [0.15, 0.2) is 66.7 Å². The van der Waals surface area contributed by atoms with Crippen molar-refractivity contribution in [3.8, 4) is 28.3 Å². The number of aromatic nitrogens is 1. The molecule has 29 heavy (non-hydrogen) atoms. The van der Waals surface area contributed by atoms with Gasteiger partial charge in [0.25, 0.3) is 0 Å². The fourth-order valence-electron chi connectivity index (χ4n) is 2.32. The summed E-state index contributed by atoms with van der Waals surface area (Å²) in [5, 5.41) is 0. The molecule has 0 bridgehead atoms. The molecule has 6 heteroatoms. The number of carbonyl (C=O) groups is 1. The summed E-state index contributed by atoms with van der Waals surface area (Å²) in [7, 11) is 0. The minimum atomic E-state index is -4.71. The predicted molar refractivity (Wildman–Crippen MR) is 110 cm³/mol. The predicted octanol–water partition coefficient (Wildman–Crippen LogP) is 7.18. The lowest BCUT2D eigenvalue weighted by molar-refractivity contribution is -0.274. The van der Waals surface area contributed by atoms with Crippen molar-refractivity contribution in [2.75, 3.05) is 0 Å². The third-order valence-corrected chi connectivity index (χ3v) is 3.48. The number of hydrogen-bond donors (Lipinski definition) is 0. The lowest BCUT2D eigenvalue weighted by atomic mass is 10.1. The van der Waals surface area contributed by atoms with Gasteiger partial charge >= 0.3 is 6.36 Å². The van der Waals surface area contributed by atoms with E-state index in [1.54, 1.807) is 30.3 Å². The number of aldehydes is 1. The van der Waals surface area contributed by atoms with Gasteiger partial charge in [-0.25, -0.2) is 4.98 Å². The first kappa shape index (κ1) is 23.9. The average molecular weight is 403 g/mol. The van der Waals surface area contributed by atoms with E-state index in [0.717, 1.165) is 11.8 Å².